The summed E-state index contributed by atoms with van der Waals surface area (Å²) >= 11 is 0. The van der Waals surface area contributed by atoms with Crippen LogP contribution in [0.3, 0.4) is 0 Å². The molecule has 0 aromatic heterocycles. The first-order chi connectivity index (χ1) is 19.9. The van der Waals surface area contributed by atoms with Crippen molar-refractivity contribution in [1.29, 1.82) is 0 Å². The maximum Gasteiger partial charge on any atom is 0.271 e. The number of benzene rings is 3. The fraction of sp³-hybridized carbons (Fsp3) is 0.333. The van der Waals surface area contributed by atoms with E-state index in [-0.39, 0.29) is 24.3 Å². The Morgan fingerprint density at radius 2 is 1.69 bits per heavy atom. The second-order valence-electron chi connectivity index (χ2n) is 10.00. The van der Waals surface area contributed by atoms with Gasteiger partial charge < -0.3 is 10.2 Å². The van der Waals surface area contributed by atoms with E-state index in [0.29, 0.717) is 17.7 Å². The molecular weight excluding hydrogens is 563 g/mol. The number of nitrogens with zero attached hydrogens (tertiary/aromatic N) is 3. The van der Waals surface area contributed by atoms with Gasteiger partial charge >= 0.3 is 0 Å². The summed E-state index contributed by atoms with van der Waals surface area (Å²) in [7, 11) is -4.10. The van der Waals surface area contributed by atoms with E-state index < -0.39 is 45.2 Å². The normalized spacial score (nSPS) is 11.9. The van der Waals surface area contributed by atoms with Crippen LogP contribution in [0.5, 0.6) is 0 Å². The van der Waals surface area contributed by atoms with Gasteiger partial charge in [-0.2, -0.15) is 0 Å². The predicted molar refractivity (Wildman–Crippen MR) is 159 cm³/mol. The number of rotatable bonds is 14. The Morgan fingerprint density at radius 3 is 2.29 bits per heavy atom. The molecule has 12 heteroatoms. The second-order valence-corrected chi connectivity index (χ2v) is 11.9. The predicted octanol–water partition coefficient (Wildman–Crippen LogP) is 4.36. The number of anilines is 1. The highest BCUT2D eigenvalue weighted by Gasteiger charge is 2.33. The summed E-state index contributed by atoms with van der Waals surface area (Å²) in [6.07, 6.45) is 2.61. The first-order valence-electron chi connectivity index (χ1n) is 13.5. The van der Waals surface area contributed by atoms with E-state index >= 15 is 0 Å². The molecule has 224 valence electrons. The lowest BCUT2D eigenvalue weighted by Gasteiger charge is -2.33. The molecule has 0 fully saturated rings. The number of non-ortho nitro benzene ring substituents is 1. The molecule has 0 spiro atoms. The molecule has 0 aliphatic heterocycles. The highest BCUT2D eigenvalue weighted by atomic mass is 32.2. The molecule has 42 heavy (non-hydrogen) atoms. The fourth-order valence-corrected chi connectivity index (χ4v) is 5.32. The number of nitrogens with one attached hydrogen (secondary N) is 1. The van der Waals surface area contributed by atoms with Crippen molar-refractivity contribution in [3.63, 3.8) is 0 Å². The molecule has 0 saturated carbocycles. The van der Waals surface area contributed by atoms with E-state index in [0.717, 1.165) is 35.0 Å². The molecule has 1 N–H and O–H groups in total. The summed E-state index contributed by atoms with van der Waals surface area (Å²) in [6, 6.07) is 17.3. The van der Waals surface area contributed by atoms with E-state index in [1.807, 2.05) is 37.3 Å². The quantitative estimate of drug-likeness (QED) is 0.167. The van der Waals surface area contributed by atoms with E-state index in [1.54, 1.807) is 6.92 Å². The first kappa shape index (κ1) is 32.2. The lowest BCUT2D eigenvalue weighted by atomic mass is 10.0. The van der Waals surface area contributed by atoms with Crippen LogP contribution in [0.15, 0.2) is 72.8 Å². The van der Waals surface area contributed by atoms with Crippen LogP contribution in [-0.4, -0.2) is 55.4 Å². The molecule has 0 heterocycles. The van der Waals surface area contributed by atoms with Crippen LogP contribution in [0.1, 0.15) is 36.5 Å². The highest BCUT2D eigenvalue weighted by molar-refractivity contribution is 7.92. The molecule has 3 rings (SSSR count). The number of nitro benzene ring substituents is 1. The van der Waals surface area contributed by atoms with E-state index in [9.17, 15) is 32.5 Å². The van der Waals surface area contributed by atoms with Gasteiger partial charge in [0.25, 0.3) is 5.69 Å². The zero-order valence-corrected chi connectivity index (χ0v) is 24.6. The van der Waals surface area contributed by atoms with Crippen LogP contribution in [-0.2, 0) is 32.6 Å². The molecule has 10 nitrogen and oxygen atoms in total. The van der Waals surface area contributed by atoms with Gasteiger partial charge in [-0.05, 0) is 42.2 Å². The zero-order valence-electron chi connectivity index (χ0n) is 23.8. The van der Waals surface area contributed by atoms with Crippen LogP contribution >= 0.6 is 0 Å². The highest BCUT2D eigenvalue weighted by Crippen LogP contribution is 2.28. The van der Waals surface area contributed by atoms with Crippen LogP contribution in [0.2, 0.25) is 0 Å². The number of carbonyl (C=O) groups is 2. The number of carbonyl (C=O) groups excluding carboxylic acids is 2. The number of unbranched alkanes of at least 4 members (excludes halogenated alkanes) is 1. The van der Waals surface area contributed by atoms with Crippen molar-refractivity contribution in [3.05, 3.63) is 105 Å². The van der Waals surface area contributed by atoms with Crippen molar-refractivity contribution in [1.82, 2.24) is 10.2 Å². The van der Waals surface area contributed by atoms with E-state index in [2.05, 4.69) is 5.32 Å². The summed E-state index contributed by atoms with van der Waals surface area (Å²) < 4.78 is 40.4. The molecule has 0 aliphatic rings. The number of sulfonamides is 1. The Bertz CT molecular complexity index is 1500. The fourth-order valence-electron chi connectivity index (χ4n) is 4.42. The van der Waals surface area contributed by atoms with Gasteiger partial charge in [0.2, 0.25) is 21.8 Å². The lowest BCUT2D eigenvalue weighted by Crippen LogP contribution is -2.53. The topological polar surface area (TPSA) is 130 Å². The molecule has 0 bridgehead atoms. The maximum atomic E-state index is 14.1. The zero-order chi connectivity index (χ0) is 30.9. The molecule has 3 aromatic rings. The number of halogens is 1. The smallest absolute Gasteiger partial charge is 0.271 e. The average molecular weight is 599 g/mol. The van der Waals surface area contributed by atoms with Crippen molar-refractivity contribution in [2.24, 2.45) is 0 Å². The largest absolute Gasteiger partial charge is 0.354 e. The van der Waals surface area contributed by atoms with Gasteiger partial charge in [0.05, 0.1) is 16.9 Å². The molecule has 0 saturated heterocycles. The minimum absolute atomic E-state index is 0.0196. The Morgan fingerprint density at radius 1 is 1.02 bits per heavy atom. The molecule has 0 radical (unpaired) electrons. The van der Waals surface area contributed by atoms with Crippen molar-refractivity contribution in [3.8, 4) is 0 Å². The summed E-state index contributed by atoms with van der Waals surface area (Å²) in [5.74, 6) is -1.60. The number of hydrogen-bond donors (Lipinski definition) is 1. The standard InChI is InChI=1S/C30H35FN4O6S/c1-4-5-17-32-30(37)28(18-23-9-7-6-8-10-23)33(20-24-12-14-25(31)15-13-24)29(36)21-34(42(3,40)41)27-19-26(35(38)39)16-11-22(27)2/h6-16,19,28H,4-5,17-18,20-21H2,1-3H3,(H,32,37)/t28-/m1/s1. The van der Waals surface area contributed by atoms with Gasteiger partial charge in [-0.3, -0.25) is 24.0 Å². The van der Waals surface area contributed by atoms with Gasteiger partial charge in [-0.15, -0.1) is 0 Å². The molecule has 2 amide bonds. The SMILES string of the molecule is CCCCNC(=O)[C@@H](Cc1ccccc1)N(Cc1ccc(F)cc1)C(=O)CN(c1cc([N+](=O)[O-])ccc1C)S(C)(=O)=O. The van der Waals surface area contributed by atoms with Gasteiger partial charge in [-0.25, -0.2) is 12.8 Å². The third kappa shape index (κ3) is 8.84. The monoisotopic (exact) mass is 598 g/mol. The first-order valence-corrected chi connectivity index (χ1v) is 15.3. The minimum atomic E-state index is -4.10. The molecule has 0 unspecified atom stereocenters. The number of aryl methyl sites for hydroxylation is 1. The van der Waals surface area contributed by atoms with Gasteiger partial charge in [0.15, 0.2) is 0 Å². The second kappa shape index (κ2) is 14.5. The van der Waals surface area contributed by atoms with Crippen molar-refractivity contribution in [2.75, 3.05) is 23.7 Å². The number of hydrogen-bond acceptors (Lipinski definition) is 6. The van der Waals surface area contributed by atoms with Gasteiger partial charge in [0.1, 0.15) is 18.4 Å². The summed E-state index contributed by atoms with van der Waals surface area (Å²) in [4.78, 5) is 39.7. The maximum absolute atomic E-state index is 14.1. The summed E-state index contributed by atoms with van der Waals surface area (Å²) in [5, 5.41) is 14.3. The third-order valence-corrected chi connectivity index (χ3v) is 7.84. The average Bonchev–Trinajstić information content (AvgIpc) is 2.95. The van der Waals surface area contributed by atoms with Gasteiger partial charge in [0, 0.05) is 31.6 Å². The number of amides is 2. The van der Waals surface area contributed by atoms with Crippen molar-refractivity contribution in [2.45, 2.75) is 45.7 Å². The van der Waals surface area contributed by atoms with Crippen LogP contribution in [0.4, 0.5) is 15.8 Å². The minimum Gasteiger partial charge on any atom is -0.354 e. The molecule has 3 aromatic carbocycles. The van der Waals surface area contributed by atoms with E-state index in [1.165, 1.54) is 41.3 Å². The Hall–Kier alpha value is -4.32. The van der Waals surface area contributed by atoms with Crippen molar-refractivity contribution >= 4 is 33.2 Å². The third-order valence-electron chi connectivity index (χ3n) is 6.72. The van der Waals surface area contributed by atoms with Crippen LogP contribution < -0.4 is 9.62 Å². The lowest BCUT2D eigenvalue weighted by molar-refractivity contribution is -0.384. The Balaban J connectivity index is 2.08. The van der Waals surface area contributed by atoms with E-state index in [4.69, 9.17) is 0 Å². The summed E-state index contributed by atoms with van der Waals surface area (Å²) in [6.45, 7) is 3.13. The Labute approximate surface area is 245 Å². The molecular formula is C30H35FN4O6S. The molecule has 1 atom stereocenters. The number of nitro groups is 1. The van der Waals surface area contributed by atoms with Crippen LogP contribution in [0, 0.1) is 22.9 Å². The van der Waals surface area contributed by atoms with Gasteiger partial charge in [-0.1, -0.05) is 61.9 Å². The van der Waals surface area contributed by atoms with Crippen molar-refractivity contribution < 1.29 is 27.3 Å². The Kier molecular flexibility index (Phi) is 11.1. The van der Waals surface area contributed by atoms with Crippen LogP contribution in [0.25, 0.3) is 0 Å². The molecule has 0 aliphatic carbocycles. The summed E-state index contributed by atoms with van der Waals surface area (Å²) in [5.41, 5.74) is 1.36.